The molecule has 1 aliphatic rings. The normalized spacial score (nSPS) is 19.3. The molecule has 15 heavy (non-hydrogen) atoms. The fourth-order valence-electron chi connectivity index (χ4n) is 1.84. The van der Waals surface area contributed by atoms with Gasteiger partial charge in [-0.1, -0.05) is 6.08 Å². The van der Waals surface area contributed by atoms with Gasteiger partial charge in [0.2, 0.25) is 5.91 Å². The SMILES string of the molecule is C=CCNC(=O)C1CCc2ncsc2C1. The van der Waals surface area contributed by atoms with Crippen LogP contribution in [0.5, 0.6) is 0 Å². The van der Waals surface area contributed by atoms with E-state index in [4.69, 9.17) is 0 Å². The average Bonchev–Trinajstić information content (AvgIpc) is 2.72. The number of nitrogens with one attached hydrogen (secondary N) is 1. The number of carbonyl (C=O) groups excluding carboxylic acids is 1. The van der Waals surface area contributed by atoms with Crippen LogP contribution in [0.4, 0.5) is 0 Å². The van der Waals surface area contributed by atoms with Crippen molar-refractivity contribution in [2.45, 2.75) is 19.3 Å². The molecule has 1 N–H and O–H groups in total. The second-order valence-corrected chi connectivity index (χ2v) is 4.64. The van der Waals surface area contributed by atoms with E-state index < -0.39 is 0 Å². The lowest BCUT2D eigenvalue weighted by Gasteiger charge is -2.20. The lowest BCUT2D eigenvalue weighted by atomic mass is 9.90. The van der Waals surface area contributed by atoms with Crippen LogP contribution in [-0.2, 0) is 17.6 Å². The number of aromatic nitrogens is 1. The van der Waals surface area contributed by atoms with E-state index in [0.29, 0.717) is 6.54 Å². The lowest BCUT2D eigenvalue weighted by molar-refractivity contribution is -0.125. The maximum atomic E-state index is 11.7. The van der Waals surface area contributed by atoms with E-state index in [1.807, 2.05) is 5.51 Å². The van der Waals surface area contributed by atoms with Crippen LogP contribution in [0.2, 0.25) is 0 Å². The van der Waals surface area contributed by atoms with Gasteiger partial charge in [-0.15, -0.1) is 17.9 Å². The number of hydrogen-bond donors (Lipinski definition) is 1. The molecule has 1 aromatic heterocycles. The standard InChI is InChI=1S/C11H14N2OS/c1-2-5-12-11(14)8-3-4-9-10(6-8)15-7-13-9/h2,7-8H,1,3-6H2,(H,12,14). The molecule has 3 nitrogen and oxygen atoms in total. The van der Waals surface area contributed by atoms with Gasteiger partial charge in [-0.2, -0.15) is 0 Å². The number of amides is 1. The highest BCUT2D eigenvalue weighted by atomic mass is 32.1. The molecule has 0 radical (unpaired) electrons. The molecule has 0 bridgehead atoms. The molecule has 1 heterocycles. The highest BCUT2D eigenvalue weighted by Gasteiger charge is 2.25. The summed E-state index contributed by atoms with van der Waals surface area (Å²) in [6, 6.07) is 0. The summed E-state index contributed by atoms with van der Waals surface area (Å²) in [5, 5.41) is 2.85. The van der Waals surface area contributed by atoms with Crippen molar-refractivity contribution in [2.75, 3.05) is 6.54 Å². The van der Waals surface area contributed by atoms with Gasteiger partial charge in [0.15, 0.2) is 0 Å². The Balaban J connectivity index is 1.97. The van der Waals surface area contributed by atoms with Crippen LogP contribution < -0.4 is 5.32 Å². The number of aryl methyl sites for hydroxylation is 1. The molecule has 1 atom stereocenters. The Hall–Kier alpha value is -1.16. The Morgan fingerprint density at radius 1 is 1.80 bits per heavy atom. The van der Waals surface area contributed by atoms with Gasteiger partial charge in [-0.3, -0.25) is 4.79 Å². The van der Waals surface area contributed by atoms with Gasteiger partial charge in [-0.25, -0.2) is 4.98 Å². The summed E-state index contributed by atoms with van der Waals surface area (Å²) in [4.78, 5) is 17.3. The lowest BCUT2D eigenvalue weighted by Crippen LogP contribution is -2.33. The summed E-state index contributed by atoms with van der Waals surface area (Å²) in [5.41, 5.74) is 3.06. The van der Waals surface area contributed by atoms with Crippen LogP contribution in [0.15, 0.2) is 18.2 Å². The molecule has 1 aromatic rings. The predicted octanol–water partition coefficient (Wildman–Crippen LogP) is 1.55. The molecule has 1 aliphatic carbocycles. The number of rotatable bonds is 3. The van der Waals surface area contributed by atoms with Crippen LogP contribution in [0.3, 0.4) is 0 Å². The predicted molar refractivity (Wildman–Crippen MR) is 60.8 cm³/mol. The first-order valence-electron chi connectivity index (χ1n) is 5.11. The van der Waals surface area contributed by atoms with Crippen molar-refractivity contribution in [3.05, 3.63) is 28.7 Å². The minimum absolute atomic E-state index is 0.123. The molecule has 0 spiro atoms. The van der Waals surface area contributed by atoms with Gasteiger partial charge in [0.1, 0.15) is 0 Å². The van der Waals surface area contributed by atoms with Gasteiger partial charge in [0, 0.05) is 17.3 Å². The number of fused-ring (bicyclic) bond motifs is 1. The molecule has 1 unspecified atom stereocenters. The minimum Gasteiger partial charge on any atom is -0.352 e. The summed E-state index contributed by atoms with van der Waals surface area (Å²) >= 11 is 1.66. The van der Waals surface area contributed by atoms with Crippen molar-refractivity contribution < 1.29 is 4.79 Å². The molecule has 0 saturated carbocycles. The van der Waals surface area contributed by atoms with Crippen LogP contribution >= 0.6 is 11.3 Å². The quantitative estimate of drug-likeness (QED) is 0.788. The molecule has 2 rings (SSSR count). The number of thiazole rings is 1. The highest BCUT2D eigenvalue weighted by molar-refractivity contribution is 7.09. The first-order valence-corrected chi connectivity index (χ1v) is 5.99. The second-order valence-electron chi connectivity index (χ2n) is 3.70. The van der Waals surface area contributed by atoms with Crippen molar-refractivity contribution >= 4 is 17.2 Å². The van der Waals surface area contributed by atoms with Gasteiger partial charge in [0.05, 0.1) is 11.2 Å². The van der Waals surface area contributed by atoms with E-state index in [9.17, 15) is 4.79 Å². The largest absolute Gasteiger partial charge is 0.352 e. The van der Waals surface area contributed by atoms with Gasteiger partial charge in [-0.05, 0) is 19.3 Å². The molecule has 0 aromatic carbocycles. The van der Waals surface area contributed by atoms with E-state index in [-0.39, 0.29) is 11.8 Å². The summed E-state index contributed by atoms with van der Waals surface area (Å²) in [6.45, 7) is 4.14. The van der Waals surface area contributed by atoms with Gasteiger partial charge >= 0.3 is 0 Å². The summed E-state index contributed by atoms with van der Waals surface area (Å²) in [6.07, 6.45) is 4.41. The maximum Gasteiger partial charge on any atom is 0.223 e. The van der Waals surface area contributed by atoms with E-state index in [2.05, 4.69) is 16.9 Å². The molecular formula is C11H14N2OS. The number of carbonyl (C=O) groups is 1. The first kappa shape index (κ1) is 10.4. The maximum absolute atomic E-state index is 11.7. The zero-order valence-corrected chi connectivity index (χ0v) is 9.35. The third-order valence-corrected chi connectivity index (χ3v) is 3.58. The zero-order chi connectivity index (χ0) is 10.7. The molecule has 0 aliphatic heterocycles. The molecule has 80 valence electrons. The van der Waals surface area contributed by atoms with E-state index >= 15 is 0 Å². The Kier molecular flexibility index (Phi) is 3.16. The zero-order valence-electron chi connectivity index (χ0n) is 8.53. The van der Waals surface area contributed by atoms with Crippen LogP contribution in [0, 0.1) is 5.92 Å². The van der Waals surface area contributed by atoms with E-state index in [1.165, 1.54) is 10.6 Å². The number of nitrogens with zero attached hydrogens (tertiary/aromatic N) is 1. The fourth-order valence-corrected chi connectivity index (χ4v) is 2.74. The highest BCUT2D eigenvalue weighted by Crippen LogP contribution is 2.27. The van der Waals surface area contributed by atoms with Crippen LogP contribution in [0.25, 0.3) is 0 Å². The van der Waals surface area contributed by atoms with Crippen molar-refractivity contribution in [3.63, 3.8) is 0 Å². The Morgan fingerprint density at radius 2 is 2.67 bits per heavy atom. The summed E-state index contributed by atoms with van der Waals surface area (Å²) < 4.78 is 0. The Labute approximate surface area is 93.2 Å². The average molecular weight is 222 g/mol. The monoisotopic (exact) mass is 222 g/mol. The Morgan fingerprint density at radius 3 is 3.47 bits per heavy atom. The van der Waals surface area contributed by atoms with E-state index in [0.717, 1.165) is 19.3 Å². The number of hydrogen-bond acceptors (Lipinski definition) is 3. The Bertz CT molecular complexity index is 372. The van der Waals surface area contributed by atoms with Crippen LogP contribution in [0.1, 0.15) is 17.0 Å². The van der Waals surface area contributed by atoms with Crippen molar-refractivity contribution in [1.29, 1.82) is 0 Å². The topological polar surface area (TPSA) is 42.0 Å². The fraction of sp³-hybridized carbons (Fsp3) is 0.455. The third-order valence-electron chi connectivity index (χ3n) is 2.68. The summed E-state index contributed by atoms with van der Waals surface area (Å²) in [5.74, 6) is 0.270. The van der Waals surface area contributed by atoms with Gasteiger partial charge in [0.25, 0.3) is 0 Å². The molecule has 1 amide bonds. The third kappa shape index (κ3) is 2.26. The van der Waals surface area contributed by atoms with Crippen molar-refractivity contribution in [1.82, 2.24) is 10.3 Å². The molecule has 0 fully saturated rings. The van der Waals surface area contributed by atoms with Gasteiger partial charge < -0.3 is 5.32 Å². The minimum atomic E-state index is 0.123. The summed E-state index contributed by atoms with van der Waals surface area (Å²) in [7, 11) is 0. The van der Waals surface area contributed by atoms with Crippen LogP contribution in [-0.4, -0.2) is 17.4 Å². The molecule has 4 heteroatoms. The first-order chi connectivity index (χ1) is 7.31. The van der Waals surface area contributed by atoms with Crippen molar-refractivity contribution in [2.24, 2.45) is 5.92 Å². The smallest absolute Gasteiger partial charge is 0.223 e. The molecule has 0 saturated heterocycles. The van der Waals surface area contributed by atoms with Crippen molar-refractivity contribution in [3.8, 4) is 0 Å². The second kappa shape index (κ2) is 4.57. The van der Waals surface area contributed by atoms with E-state index in [1.54, 1.807) is 17.4 Å². The molecular weight excluding hydrogens is 208 g/mol.